The Morgan fingerprint density at radius 1 is 1.25 bits per heavy atom. The van der Waals surface area contributed by atoms with E-state index in [4.69, 9.17) is 0 Å². The average Bonchev–Trinajstić information content (AvgIpc) is 2.02. The number of para-hydroxylation sites is 1. The van der Waals surface area contributed by atoms with Gasteiger partial charge in [-0.2, -0.15) is 4.72 Å². The van der Waals surface area contributed by atoms with Gasteiger partial charge in [-0.25, -0.2) is 0 Å². The molecule has 0 amide bonds. The number of benzene rings is 1. The van der Waals surface area contributed by atoms with E-state index >= 15 is 0 Å². The number of anilines is 1. The normalized spacial score (nSPS) is 22.2. The fourth-order valence-electron chi connectivity index (χ4n) is 1.14. The number of rotatable bonds is 0. The Morgan fingerprint density at radius 2 is 2.00 bits per heavy atom. The van der Waals surface area contributed by atoms with Crippen molar-refractivity contribution >= 4 is 16.6 Å². The Hall–Kier alpha value is -0.750. The molecule has 0 atom stereocenters. The Labute approximate surface area is 72.2 Å². The highest BCUT2D eigenvalue weighted by Gasteiger charge is 2.18. The average molecular weight is 186 g/mol. The van der Waals surface area contributed by atoms with Crippen LogP contribution in [0.25, 0.3) is 0 Å². The number of hydrogen-bond acceptors (Lipinski definition) is 4. The molecule has 1 aromatic rings. The first-order valence-corrected chi connectivity index (χ1v) is 5.10. The topological polar surface area (TPSA) is 64.5 Å². The van der Waals surface area contributed by atoms with Crippen LogP contribution >= 0.6 is 11.0 Å². The molecule has 1 aliphatic heterocycles. The molecule has 0 radical (unpaired) electrons. The van der Waals surface area contributed by atoms with Gasteiger partial charge in [0.25, 0.3) is 0 Å². The molecule has 0 fully saturated rings. The quantitative estimate of drug-likeness (QED) is 0.498. The van der Waals surface area contributed by atoms with Crippen LogP contribution in [0.5, 0.6) is 0 Å². The summed E-state index contributed by atoms with van der Waals surface area (Å²) in [5.41, 5.74) is 1.83. The fraction of sp³-hybridized carbons (Fsp3) is 0.143. The first-order chi connectivity index (χ1) is 5.67. The van der Waals surface area contributed by atoms with E-state index in [0.717, 1.165) is 11.3 Å². The molecule has 4 nitrogen and oxygen atoms in total. The zero-order chi connectivity index (χ0) is 8.60. The highest BCUT2D eigenvalue weighted by Crippen LogP contribution is 2.39. The van der Waals surface area contributed by atoms with Gasteiger partial charge in [-0.05, 0) is 11.6 Å². The van der Waals surface area contributed by atoms with Gasteiger partial charge in [0.1, 0.15) is 0 Å². The summed E-state index contributed by atoms with van der Waals surface area (Å²) in [6.07, 6.45) is 0. The van der Waals surface area contributed by atoms with E-state index < -0.39 is 11.0 Å². The van der Waals surface area contributed by atoms with Crippen LogP contribution in [0, 0.1) is 0 Å². The summed E-state index contributed by atoms with van der Waals surface area (Å²) < 4.78 is 23.7. The molecular weight excluding hydrogens is 176 g/mol. The summed E-state index contributed by atoms with van der Waals surface area (Å²) in [6.45, 7) is 0.492. The molecule has 4 N–H and O–H groups in total. The molecule has 1 aromatic carbocycles. The van der Waals surface area contributed by atoms with Crippen LogP contribution in [0.1, 0.15) is 5.56 Å². The Kier molecular flexibility index (Phi) is 1.73. The van der Waals surface area contributed by atoms with E-state index in [0.29, 0.717) is 6.54 Å². The molecule has 2 rings (SSSR count). The summed E-state index contributed by atoms with van der Waals surface area (Å²) in [7, 11) is -2.80. The van der Waals surface area contributed by atoms with Gasteiger partial charge >= 0.3 is 0 Å². The van der Waals surface area contributed by atoms with Gasteiger partial charge in [-0.15, -0.1) is 0 Å². The van der Waals surface area contributed by atoms with Gasteiger partial charge in [-0.1, -0.05) is 29.2 Å². The molecule has 0 saturated carbocycles. The minimum absolute atomic E-state index is 0.492. The van der Waals surface area contributed by atoms with Gasteiger partial charge in [0, 0.05) is 6.54 Å². The van der Waals surface area contributed by atoms with E-state index in [-0.39, 0.29) is 0 Å². The predicted molar refractivity (Wildman–Crippen MR) is 49.8 cm³/mol. The second kappa shape index (κ2) is 2.63. The van der Waals surface area contributed by atoms with Crippen LogP contribution in [-0.4, -0.2) is 9.11 Å². The zero-order valence-electron chi connectivity index (χ0n) is 6.32. The standard InChI is InChI=1S/C7H10N2O2S/c10-12(11)8-5-6-3-1-2-4-7(6)9-12/h1-4,8-11H,5H2. The van der Waals surface area contributed by atoms with E-state index in [1.807, 2.05) is 24.3 Å². The molecule has 0 spiro atoms. The highest BCUT2D eigenvalue weighted by molar-refractivity contribution is 8.23. The van der Waals surface area contributed by atoms with Gasteiger partial charge in [-0.3, -0.25) is 13.8 Å². The Bertz CT molecular complexity index is 303. The van der Waals surface area contributed by atoms with Gasteiger partial charge in [0.2, 0.25) is 0 Å². The largest absolute Gasteiger partial charge is 0.271 e. The predicted octanol–water partition coefficient (Wildman–Crippen LogP) is 1.78. The molecule has 0 aromatic heterocycles. The minimum atomic E-state index is -2.80. The van der Waals surface area contributed by atoms with Crippen molar-refractivity contribution in [1.29, 1.82) is 0 Å². The molecule has 1 heterocycles. The molecule has 5 heteroatoms. The third-order valence-corrected chi connectivity index (χ3v) is 2.78. The Morgan fingerprint density at radius 3 is 2.83 bits per heavy atom. The van der Waals surface area contributed by atoms with Crippen LogP contribution in [0.4, 0.5) is 5.69 Å². The summed E-state index contributed by atoms with van der Waals surface area (Å²) in [5, 5.41) is 0. The lowest BCUT2D eigenvalue weighted by molar-refractivity contribution is 0.474. The van der Waals surface area contributed by atoms with Crippen LogP contribution in [-0.2, 0) is 6.54 Å². The molecule has 0 aliphatic carbocycles. The summed E-state index contributed by atoms with van der Waals surface area (Å²) in [5.74, 6) is 0. The van der Waals surface area contributed by atoms with Crippen molar-refractivity contribution in [2.75, 3.05) is 4.72 Å². The monoisotopic (exact) mass is 186 g/mol. The lowest BCUT2D eigenvalue weighted by Gasteiger charge is -2.38. The zero-order valence-corrected chi connectivity index (χ0v) is 7.14. The van der Waals surface area contributed by atoms with Crippen LogP contribution in [0.15, 0.2) is 24.3 Å². The Balaban J connectivity index is 2.35. The number of nitrogens with one attached hydrogen (secondary N) is 2. The molecule has 1 aliphatic rings. The van der Waals surface area contributed by atoms with Crippen LogP contribution < -0.4 is 9.44 Å². The summed E-state index contributed by atoms with van der Waals surface area (Å²) in [6, 6.07) is 7.53. The van der Waals surface area contributed by atoms with Crippen LogP contribution in [0.2, 0.25) is 0 Å². The van der Waals surface area contributed by atoms with E-state index in [2.05, 4.69) is 9.44 Å². The lowest BCUT2D eigenvalue weighted by Crippen LogP contribution is -2.30. The van der Waals surface area contributed by atoms with Crippen molar-refractivity contribution in [3.63, 3.8) is 0 Å². The second-order valence-corrected chi connectivity index (χ2v) is 4.22. The number of hydrogen-bond donors (Lipinski definition) is 4. The first kappa shape index (κ1) is 7.88. The molecule has 0 saturated heterocycles. The van der Waals surface area contributed by atoms with Gasteiger partial charge in [0.05, 0.1) is 5.69 Å². The van der Waals surface area contributed by atoms with Crippen molar-refractivity contribution in [3.8, 4) is 0 Å². The maximum Gasteiger partial charge on any atom is 0.0595 e. The molecule has 66 valence electrons. The van der Waals surface area contributed by atoms with Gasteiger partial charge < -0.3 is 0 Å². The maximum absolute atomic E-state index is 9.24. The molecule has 12 heavy (non-hydrogen) atoms. The number of fused-ring (bicyclic) bond motifs is 1. The van der Waals surface area contributed by atoms with Crippen molar-refractivity contribution in [2.24, 2.45) is 0 Å². The van der Waals surface area contributed by atoms with E-state index in [1.54, 1.807) is 0 Å². The SMILES string of the molecule is OS1(O)NCc2ccccc2N1. The van der Waals surface area contributed by atoms with Crippen LogP contribution in [0.3, 0.4) is 0 Å². The first-order valence-electron chi connectivity index (χ1n) is 3.56. The van der Waals surface area contributed by atoms with Crippen molar-refractivity contribution in [3.05, 3.63) is 29.8 Å². The minimum Gasteiger partial charge on any atom is -0.271 e. The highest BCUT2D eigenvalue weighted by atomic mass is 32.3. The molecular formula is C7H10N2O2S. The molecule has 0 bridgehead atoms. The lowest BCUT2D eigenvalue weighted by atomic mass is 10.2. The fourth-order valence-corrected chi connectivity index (χ4v) is 2.08. The van der Waals surface area contributed by atoms with Gasteiger partial charge in [0.15, 0.2) is 0 Å². The third kappa shape index (κ3) is 1.39. The summed E-state index contributed by atoms with van der Waals surface area (Å²) >= 11 is 0. The molecule has 0 unspecified atom stereocenters. The van der Waals surface area contributed by atoms with Crippen molar-refractivity contribution in [1.82, 2.24) is 4.72 Å². The summed E-state index contributed by atoms with van der Waals surface area (Å²) in [4.78, 5) is 0. The third-order valence-electron chi connectivity index (χ3n) is 1.73. The second-order valence-electron chi connectivity index (χ2n) is 2.63. The van der Waals surface area contributed by atoms with Crippen molar-refractivity contribution < 1.29 is 9.11 Å². The van der Waals surface area contributed by atoms with Crippen molar-refractivity contribution in [2.45, 2.75) is 6.54 Å². The smallest absolute Gasteiger partial charge is 0.0595 e. The van der Waals surface area contributed by atoms with E-state index in [9.17, 15) is 9.11 Å². The van der Waals surface area contributed by atoms with E-state index in [1.165, 1.54) is 0 Å². The maximum atomic E-state index is 9.24.